The predicted molar refractivity (Wildman–Crippen MR) is 145 cm³/mol. The van der Waals surface area contributed by atoms with Gasteiger partial charge in [0.05, 0.1) is 29.3 Å². The number of halogens is 1. The Labute approximate surface area is 222 Å². The van der Waals surface area contributed by atoms with E-state index in [-0.39, 0.29) is 26.4 Å². The Bertz CT molecular complexity index is 1270. The number of aliphatic hydroxyl groups is 3. The van der Waals surface area contributed by atoms with Crippen molar-refractivity contribution < 1.29 is 24.8 Å². The lowest BCUT2D eigenvalue weighted by molar-refractivity contribution is -0.127. The lowest BCUT2D eigenvalue weighted by Gasteiger charge is -2.16. The van der Waals surface area contributed by atoms with Crippen LogP contribution in [-0.2, 0) is 11.3 Å². The van der Waals surface area contributed by atoms with E-state index < -0.39 is 5.79 Å². The second kappa shape index (κ2) is 13.6. The molecule has 2 atom stereocenters. The fourth-order valence-electron chi connectivity index (χ4n) is 3.69. The molecule has 5 rings (SSSR count). The van der Waals surface area contributed by atoms with Crippen molar-refractivity contribution in [2.24, 2.45) is 0 Å². The van der Waals surface area contributed by atoms with Gasteiger partial charge in [-0.1, -0.05) is 38.9 Å². The van der Waals surface area contributed by atoms with Gasteiger partial charge in [-0.2, -0.15) is 0 Å². The van der Waals surface area contributed by atoms with Gasteiger partial charge in [0.15, 0.2) is 5.79 Å². The molecule has 37 heavy (non-hydrogen) atoms. The number of pyridine rings is 1. The van der Waals surface area contributed by atoms with Gasteiger partial charge in [-0.3, -0.25) is 4.98 Å². The van der Waals surface area contributed by atoms with Gasteiger partial charge in [0, 0.05) is 17.6 Å². The Morgan fingerprint density at radius 3 is 2.51 bits per heavy atom. The number of rotatable bonds is 5. The van der Waals surface area contributed by atoms with Crippen molar-refractivity contribution in [2.75, 3.05) is 6.61 Å². The van der Waals surface area contributed by atoms with Crippen molar-refractivity contribution in [3.8, 4) is 5.75 Å². The number of benzene rings is 1. The van der Waals surface area contributed by atoms with Crippen LogP contribution in [0.4, 0.5) is 0 Å². The third kappa shape index (κ3) is 8.34. The summed E-state index contributed by atoms with van der Waals surface area (Å²) in [6, 6.07) is 11.4. The summed E-state index contributed by atoms with van der Waals surface area (Å²) in [6.07, 6.45) is 5.06. The summed E-state index contributed by atoms with van der Waals surface area (Å²) >= 11 is 6.14. The highest BCUT2D eigenvalue weighted by atomic mass is 35.5. The second-order valence-electron chi connectivity index (χ2n) is 8.54. The van der Waals surface area contributed by atoms with Crippen molar-refractivity contribution in [1.82, 2.24) is 19.5 Å². The third-order valence-corrected chi connectivity index (χ3v) is 5.48. The average molecular weight is 533 g/mol. The van der Waals surface area contributed by atoms with Crippen LogP contribution in [0.3, 0.4) is 0 Å². The van der Waals surface area contributed by atoms with E-state index in [1.54, 1.807) is 0 Å². The molecule has 1 saturated heterocycles. The highest BCUT2D eigenvalue weighted by Crippen LogP contribution is 2.32. The number of hydrogen-bond acceptors (Lipinski definition) is 8. The van der Waals surface area contributed by atoms with Crippen LogP contribution in [0.25, 0.3) is 21.9 Å². The molecule has 0 spiro atoms. The Balaban J connectivity index is 0.000000542. The number of aromatic nitrogens is 4. The van der Waals surface area contributed by atoms with Crippen LogP contribution < -0.4 is 4.74 Å². The molecule has 10 heteroatoms. The van der Waals surface area contributed by atoms with Crippen LogP contribution in [0.15, 0.2) is 48.9 Å². The van der Waals surface area contributed by atoms with Gasteiger partial charge >= 0.3 is 0 Å². The zero-order valence-electron chi connectivity index (χ0n) is 20.9. The zero-order chi connectivity index (χ0) is 26.3. The summed E-state index contributed by atoms with van der Waals surface area (Å²) in [4.78, 5) is 12.8. The molecule has 3 aromatic heterocycles. The molecule has 0 radical (unpaired) electrons. The van der Waals surface area contributed by atoms with Crippen molar-refractivity contribution in [2.45, 2.75) is 72.7 Å². The molecule has 0 bridgehead atoms. The minimum Gasteiger partial charge on any atom is -0.491 e. The van der Waals surface area contributed by atoms with Gasteiger partial charge in [0.2, 0.25) is 0 Å². The molecular formula is C27H37ClN4O5. The Kier molecular flexibility index (Phi) is 11.2. The van der Waals surface area contributed by atoms with Crippen molar-refractivity contribution in [3.05, 3.63) is 59.8 Å². The molecule has 4 aromatic rings. The highest BCUT2D eigenvalue weighted by Gasteiger charge is 2.28. The Morgan fingerprint density at radius 2 is 1.81 bits per heavy atom. The summed E-state index contributed by atoms with van der Waals surface area (Å²) in [7, 11) is 0. The van der Waals surface area contributed by atoms with Gasteiger partial charge < -0.3 is 29.4 Å². The maximum absolute atomic E-state index is 9.27. The minimum atomic E-state index is -1.50. The second-order valence-corrected chi connectivity index (χ2v) is 8.89. The van der Waals surface area contributed by atoms with Gasteiger partial charge in [-0.05, 0) is 51.0 Å². The van der Waals surface area contributed by atoms with Gasteiger partial charge in [-0.15, -0.1) is 0 Å². The van der Waals surface area contributed by atoms with E-state index in [2.05, 4.69) is 15.0 Å². The van der Waals surface area contributed by atoms with Crippen molar-refractivity contribution in [3.63, 3.8) is 0 Å². The van der Waals surface area contributed by atoms with E-state index in [0.717, 1.165) is 40.5 Å². The van der Waals surface area contributed by atoms with E-state index in [0.29, 0.717) is 17.5 Å². The van der Waals surface area contributed by atoms with Crippen molar-refractivity contribution >= 4 is 33.5 Å². The fraction of sp³-hybridized carbons (Fsp3) is 0.444. The first kappa shape index (κ1) is 30.4. The molecule has 2 unspecified atom stereocenters. The van der Waals surface area contributed by atoms with E-state index in [1.807, 2.05) is 61.0 Å². The number of fused-ring (bicyclic) bond motifs is 2. The van der Waals surface area contributed by atoms with Crippen LogP contribution >= 0.6 is 11.6 Å². The monoisotopic (exact) mass is 532 g/mol. The molecule has 4 heterocycles. The molecular weight excluding hydrogens is 496 g/mol. The largest absolute Gasteiger partial charge is 0.491 e. The fourth-order valence-corrected chi connectivity index (χ4v) is 3.88. The quantitative estimate of drug-likeness (QED) is 0.235. The molecule has 0 saturated carbocycles. The van der Waals surface area contributed by atoms with Crippen molar-refractivity contribution in [1.29, 1.82) is 0 Å². The first-order valence-corrected chi connectivity index (χ1v) is 12.3. The van der Waals surface area contributed by atoms with Gasteiger partial charge in [0.25, 0.3) is 0 Å². The van der Waals surface area contributed by atoms with E-state index in [1.165, 1.54) is 20.2 Å². The maximum atomic E-state index is 9.27. The summed E-state index contributed by atoms with van der Waals surface area (Å²) in [5.74, 6) is -0.766. The molecule has 1 aliphatic rings. The highest BCUT2D eigenvalue weighted by molar-refractivity contribution is 6.33. The summed E-state index contributed by atoms with van der Waals surface area (Å²) < 4.78 is 14.1. The summed E-state index contributed by atoms with van der Waals surface area (Å²) in [5.41, 5.74) is 2.21. The van der Waals surface area contributed by atoms with E-state index in [9.17, 15) is 5.11 Å². The first-order valence-electron chi connectivity index (χ1n) is 11.9. The van der Waals surface area contributed by atoms with Crippen LogP contribution in [0.1, 0.15) is 59.9 Å². The normalized spacial score (nSPS) is 16.9. The van der Waals surface area contributed by atoms with E-state index in [4.69, 9.17) is 31.3 Å². The molecule has 1 aliphatic heterocycles. The Morgan fingerprint density at radius 1 is 1.11 bits per heavy atom. The number of ether oxygens (including phenoxy) is 2. The molecule has 0 amide bonds. The predicted octanol–water partition coefficient (Wildman–Crippen LogP) is 5.25. The molecule has 1 fully saturated rings. The van der Waals surface area contributed by atoms with Crippen LogP contribution in [0.2, 0.25) is 5.15 Å². The molecule has 0 aliphatic carbocycles. The molecule has 1 aromatic carbocycles. The summed E-state index contributed by atoms with van der Waals surface area (Å²) in [6.45, 7) is 6.97. The smallest absolute Gasteiger partial charge is 0.156 e. The van der Waals surface area contributed by atoms with Crippen LogP contribution in [-0.4, -0.2) is 53.3 Å². The maximum Gasteiger partial charge on any atom is 0.156 e. The lowest BCUT2D eigenvalue weighted by Crippen LogP contribution is -2.18. The average Bonchev–Trinajstić information content (AvgIpc) is 3.50. The third-order valence-electron chi connectivity index (χ3n) is 5.18. The standard InChI is InChI=1S/C21H19ClN4O3.C3H8O2.C2H6.CH4/c22-20-17-7-8-26(21(17)24-12-23-20)19-6-5-16(29-19)11-28-15-4-2-13-1-3-14(10-27)25-18(13)9-15;1-3(2,4)5;1-2;/h1-4,7-9,12,16,19,27H,5-6,10-11H2;4-5H,1-2H3;1-2H3;1H4. The number of aliphatic hydroxyl groups excluding tert-OH is 1. The topological polar surface area (TPSA) is 123 Å². The van der Waals surface area contributed by atoms with Gasteiger partial charge in [0.1, 0.15) is 35.7 Å². The van der Waals surface area contributed by atoms with Crippen LogP contribution in [0.5, 0.6) is 5.75 Å². The molecule has 3 N–H and O–H groups in total. The SMILES string of the molecule is C.CC.CC(C)(O)O.OCc1ccc2ccc(OCC3CCC(n4ccc5c(Cl)ncnc54)O3)cc2n1. The van der Waals surface area contributed by atoms with Crippen LogP contribution in [0, 0.1) is 0 Å². The minimum absolute atomic E-state index is 0. The van der Waals surface area contributed by atoms with E-state index >= 15 is 0 Å². The molecule has 202 valence electrons. The zero-order valence-corrected chi connectivity index (χ0v) is 21.7. The molecule has 9 nitrogen and oxygen atoms in total. The number of hydrogen-bond donors (Lipinski definition) is 3. The first-order chi connectivity index (χ1) is 17.2. The Hall–Kier alpha value is -2.82. The number of nitrogens with zero attached hydrogens (tertiary/aromatic N) is 4. The lowest BCUT2D eigenvalue weighted by atomic mass is 10.2. The van der Waals surface area contributed by atoms with Gasteiger partial charge in [-0.25, -0.2) is 9.97 Å². The summed E-state index contributed by atoms with van der Waals surface area (Å²) in [5, 5.41) is 27.7.